The summed E-state index contributed by atoms with van der Waals surface area (Å²) in [5.74, 6) is -0.336. The Kier molecular flexibility index (Phi) is 5.42. The number of ketones is 1. The fourth-order valence-corrected chi connectivity index (χ4v) is 5.84. The molecule has 2 N–H and O–H groups in total. The molecule has 6 atom stereocenters. The Morgan fingerprint density at radius 1 is 1.21 bits per heavy atom. The molecule has 0 bridgehead atoms. The molecule has 2 rings (SSSR count). The Bertz CT molecular complexity index is 521. The van der Waals surface area contributed by atoms with E-state index in [4.69, 9.17) is 11.6 Å². The van der Waals surface area contributed by atoms with E-state index in [-0.39, 0.29) is 34.8 Å². The summed E-state index contributed by atoms with van der Waals surface area (Å²) in [7, 11) is 0. The molecule has 138 valence electrons. The molecule has 0 heterocycles. The minimum atomic E-state index is -0.830. The minimum Gasteiger partial charge on any atom is -0.481 e. The van der Waals surface area contributed by atoms with Gasteiger partial charge in [0.2, 0.25) is 0 Å². The molecule has 0 spiro atoms. The van der Waals surface area contributed by atoms with Crippen LogP contribution in [0.2, 0.25) is 0 Å². The monoisotopic (exact) mass is 358 g/mol. The molecule has 5 heteroatoms. The number of aliphatic carboxylic acids is 1. The molecule has 0 radical (unpaired) electrons. The second-order valence-corrected chi connectivity index (χ2v) is 9.20. The van der Waals surface area contributed by atoms with Crippen molar-refractivity contribution in [3.05, 3.63) is 0 Å². The van der Waals surface area contributed by atoms with Gasteiger partial charge in [-0.3, -0.25) is 9.59 Å². The normalized spacial score (nSPS) is 43.8. The lowest BCUT2D eigenvalue weighted by Crippen LogP contribution is -2.56. The molecule has 2 saturated carbocycles. The minimum absolute atomic E-state index is 0.0395. The van der Waals surface area contributed by atoms with Crippen LogP contribution in [0.25, 0.3) is 0 Å². The smallest absolute Gasteiger partial charge is 0.303 e. The van der Waals surface area contributed by atoms with Crippen LogP contribution in [0.5, 0.6) is 0 Å². The van der Waals surface area contributed by atoms with E-state index in [1.807, 2.05) is 6.92 Å². The fourth-order valence-electron chi connectivity index (χ4n) is 5.47. The van der Waals surface area contributed by atoms with Gasteiger partial charge < -0.3 is 10.2 Å². The van der Waals surface area contributed by atoms with Crippen LogP contribution in [0, 0.1) is 28.1 Å². The van der Waals surface area contributed by atoms with Gasteiger partial charge in [-0.25, -0.2) is 0 Å². The van der Waals surface area contributed by atoms with Gasteiger partial charge in [-0.1, -0.05) is 20.8 Å². The Morgan fingerprint density at radius 3 is 2.33 bits per heavy atom. The molecule has 0 amide bonds. The van der Waals surface area contributed by atoms with Crippen molar-refractivity contribution in [3.8, 4) is 0 Å². The zero-order valence-corrected chi connectivity index (χ0v) is 16.0. The molecular formula is C19H31ClO4. The Hall–Kier alpha value is -0.610. The number of carboxylic acids is 1. The van der Waals surface area contributed by atoms with Crippen LogP contribution in [0.3, 0.4) is 0 Å². The first-order valence-electron chi connectivity index (χ1n) is 8.96. The summed E-state index contributed by atoms with van der Waals surface area (Å²) in [6, 6.07) is 0. The van der Waals surface area contributed by atoms with E-state index < -0.39 is 17.5 Å². The molecule has 24 heavy (non-hydrogen) atoms. The van der Waals surface area contributed by atoms with Gasteiger partial charge in [0.05, 0.1) is 6.10 Å². The van der Waals surface area contributed by atoms with E-state index in [1.165, 1.54) is 0 Å². The summed E-state index contributed by atoms with van der Waals surface area (Å²) in [5, 5.41) is 19.8. The number of aliphatic hydroxyl groups is 1. The molecule has 0 unspecified atom stereocenters. The molecule has 0 saturated heterocycles. The van der Waals surface area contributed by atoms with E-state index in [0.29, 0.717) is 5.92 Å². The molecular weight excluding hydrogens is 328 g/mol. The Morgan fingerprint density at radius 2 is 1.83 bits per heavy atom. The molecule has 2 fully saturated rings. The molecule has 0 aromatic carbocycles. The highest BCUT2D eigenvalue weighted by molar-refractivity contribution is 6.18. The summed E-state index contributed by atoms with van der Waals surface area (Å²) in [6.45, 7) is 7.80. The van der Waals surface area contributed by atoms with E-state index in [0.717, 1.165) is 32.1 Å². The molecule has 0 aromatic rings. The van der Waals surface area contributed by atoms with Crippen LogP contribution in [0.1, 0.15) is 66.2 Å². The number of aliphatic hydroxyl groups excluding tert-OH is 1. The van der Waals surface area contributed by atoms with Gasteiger partial charge in [-0.05, 0) is 61.7 Å². The summed E-state index contributed by atoms with van der Waals surface area (Å²) in [6.07, 6.45) is 3.64. The van der Waals surface area contributed by atoms with E-state index in [2.05, 4.69) is 13.8 Å². The zero-order chi connectivity index (χ0) is 18.3. The first kappa shape index (κ1) is 19.7. The van der Waals surface area contributed by atoms with Crippen LogP contribution in [0.15, 0.2) is 0 Å². The highest BCUT2D eigenvalue weighted by Crippen LogP contribution is 2.64. The van der Waals surface area contributed by atoms with Crippen LogP contribution < -0.4 is 0 Å². The third-order valence-electron chi connectivity index (χ3n) is 7.59. The first-order chi connectivity index (χ1) is 11.0. The number of hydrogen-bond donors (Lipinski definition) is 2. The van der Waals surface area contributed by atoms with Crippen LogP contribution in [-0.2, 0) is 9.59 Å². The lowest BCUT2D eigenvalue weighted by molar-refractivity contribution is -0.162. The number of hydrogen-bond acceptors (Lipinski definition) is 3. The number of halogens is 1. The lowest BCUT2D eigenvalue weighted by Gasteiger charge is -2.60. The molecule has 2 aliphatic rings. The number of alkyl halides is 1. The fraction of sp³-hybridized carbons (Fsp3) is 0.895. The van der Waals surface area contributed by atoms with Crippen molar-refractivity contribution < 1.29 is 19.8 Å². The van der Waals surface area contributed by atoms with Crippen LogP contribution >= 0.6 is 11.6 Å². The number of fused-ring (bicyclic) bond motifs is 1. The summed E-state index contributed by atoms with van der Waals surface area (Å²) in [4.78, 5) is 23.9. The maximum Gasteiger partial charge on any atom is 0.303 e. The highest BCUT2D eigenvalue weighted by atomic mass is 35.5. The lowest BCUT2D eigenvalue weighted by atomic mass is 9.44. The van der Waals surface area contributed by atoms with E-state index >= 15 is 0 Å². The third-order valence-corrected chi connectivity index (χ3v) is 7.88. The van der Waals surface area contributed by atoms with Gasteiger partial charge in [0.1, 0.15) is 5.78 Å². The number of carboxylic acid groups (broad SMARTS) is 1. The predicted molar refractivity (Wildman–Crippen MR) is 94.0 cm³/mol. The zero-order valence-electron chi connectivity index (χ0n) is 15.3. The van der Waals surface area contributed by atoms with E-state index in [9.17, 15) is 19.8 Å². The van der Waals surface area contributed by atoms with Gasteiger partial charge in [0.15, 0.2) is 0 Å². The van der Waals surface area contributed by atoms with Crippen molar-refractivity contribution in [3.63, 3.8) is 0 Å². The van der Waals surface area contributed by atoms with Crippen molar-refractivity contribution >= 4 is 23.4 Å². The second kappa shape index (κ2) is 6.60. The number of carbonyl (C=O) groups excluding carboxylic acids is 1. The van der Waals surface area contributed by atoms with Crippen molar-refractivity contribution in [1.82, 2.24) is 0 Å². The van der Waals surface area contributed by atoms with Gasteiger partial charge in [0.25, 0.3) is 0 Å². The second-order valence-electron chi connectivity index (χ2n) is 8.89. The SMILES string of the molecule is CC(=O)[C@@]1(C)CC[C@H]2C[C@@](C)([C@@H](O)CCl)CC[C@]2(C)[C@H]1CC(=O)O. The third kappa shape index (κ3) is 3.12. The quantitative estimate of drug-likeness (QED) is 0.731. The Labute approximate surface area is 150 Å². The average molecular weight is 359 g/mol. The summed E-state index contributed by atoms with van der Waals surface area (Å²) >= 11 is 5.90. The highest BCUT2D eigenvalue weighted by Gasteiger charge is 2.59. The maximum absolute atomic E-state index is 12.4. The number of Topliss-reactive ketones (excluding diaryl/α,β-unsaturated/α-hetero) is 1. The van der Waals surface area contributed by atoms with E-state index in [1.54, 1.807) is 6.92 Å². The largest absolute Gasteiger partial charge is 0.481 e. The van der Waals surface area contributed by atoms with Crippen LogP contribution in [-0.4, -0.2) is 33.9 Å². The summed E-state index contributed by atoms with van der Waals surface area (Å²) in [5.41, 5.74) is -0.964. The molecule has 0 aromatic heterocycles. The first-order valence-corrected chi connectivity index (χ1v) is 9.50. The van der Waals surface area contributed by atoms with Crippen LogP contribution in [0.4, 0.5) is 0 Å². The van der Waals surface area contributed by atoms with Crippen molar-refractivity contribution in [2.45, 2.75) is 72.3 Å². The van der Waals surface area contributed by atoms with Crippen molar-refractivity contribution in [1.29, 1.82) is 0 Å². The van der Waals surface area contributed by atoms with Gasteiger partial charge in [-0.2, -0.15) is 0 Å². The van der Waals surface area contributed by atoms with Gasteiger partial charge >= 0.3 is 5.97 Å². The summed E-state index contributed by atoms with van der Waals surface area (Å²) < 4.78 is 0. The molecule has 4 nitrogen and oxygen atoms in total. The number of rotatable bonds is 5. The Balaban J connectivity index is 2.36. The van der Waals surface area contributed by atoms with Crippen molar-refractivity contribution in [2.24, 2.45) is 28.1 Å². The average Bonchev–Trinajstić information content (AvgIpc) is 2.51. The van der Waals surface area contributed by atoms with Gasteiger partial charge in [-0.15, -0.1) is 11.6 Å². The topological polar surface area (TPSA) is 74.6 Å². The standard InChI is InChI=1S/C19H31ClO4/c1-12(21)18(3)6-5-13-10-17(2,15(22)11-20)7-8-19(13,4)14(18)9-16(23)24/h13-15,22H,5-11H2,1-4H3,(H,23,24)/t13-,14-,15-,17-,18+,19-/m0/s1. The molecule has 0 aliphatic heterocycles. The predicted octanol–water partition coefficient (Wildman–Crippen LogP) is 3.88. The van der Waals surface area contributed by atoms with Crippen molar-refractivity contribution in [2.75, 3.05) is 5.88 Å². The van der Waals surface area contributed by atoms with Gasteiger partial charge in [0, 0.05) is 17.7 Å². The number of carbonyl (C=O) groups is 2. The molecule has 2 aliphatic carbocycles. The maximum atomic E-state index is 12.4.